The average molecular weight is 717 g/mol. The van der Waals surface area contributed by atoms with Crippen LogP contribution >= 0.6 is 11.6 Å². The molecule has 0 amide bonds. The Morgan fingerprint density at radius 1 is 0.357 bits per heavy atom. The number of rotatable bonds is 14. The first-order valence-corrected chi connectivity index (χ1v) is 8.71. The minimum Gasteiger partial charge on any atom is -0.331 e. The van der Waals surface area contributed by atoms with Crippen molar-refractivity contribution in [3.8, 4) is 0 Å². The summed E-state index contributed by atoms with van der Waals surface area (Å²) in [5, 5.41) is 0.662. The Bertz CT molecular complexity index is 952. The molecule has 1 unspecified atom stereocenters. The number of hydrogen-bond donors (Lipinski definition) is 1. The van der Waals surface area contributed by atoms with Crippen LogP contribution < -0.4 is 0 Å². The Morgan fingerprint density at radius 3 is 0.952 bits per heavy atom. The summed E-state index contributed by atoms with van der Waals surface area (Å²) >= 11 is 3.59. The van der Waals surface area contributed by atoms with Crippen molar-refractivity contribution < 1.29 is 129 Å². The van der Waals surface area contributed by atoms with Crippen molar-refractivity contribution in [3.63, 3.8) is 0 Å². The predicted molar refractivity (Wildman–Crippen MR) is 71.8 cm³/mol. The normalized spacial score (nSPS) is 17.9. The lowest BCUT2D eigenvalue weighted by atomic mass is 10.2. The average Bonchev–Trinajstić information content (AvgIpc) is 2.61. The van der Waals surface area contributed by atoms with Crippen molar-refractivity contribution in [1.82, 2.24) is 0 Å². The van der Waals surface area contributed by atoms with E-state index >= 15 is 0 Å². The van der Waals surface area contributed by atoms with Gasteiger partial charge in [-0.25, -0.2) is 18.9 Å². The molecule has 0 aromatic rings. The third kappa shape index (κ3) is 7.37. The zero-order valence-corrected chi connectivity index (χ0v) is 18.3. The number of hydrogen-bond acceptors (Lipinski definition) is 5. The van der Waals surface area contributed by atoms with Gasteiger partial charge in [0, 0.05) is 0 Å². The molecule has 0 saturated carbocycles. The third-order valence-corrected chi connectivity index (χ3v) is 3.86. The Balaban J connectivity index is 6.28. The van der Waals surface area contributed by atoms with Gasteiger partial charge in [-0.2, -0.15) is 96.6 Å². The highest BCUT2D eigenvalue weighted by Crippen LogP contribution is 2.56. The van der Waals surface area contributed by atoms with E-state index in [1.165, 1.54) is 4.74 Å². The molecule has 0 aliphatic carbocycles. The molecule has 1 N–H and O–H groups in total. The molecule has 0 saturated heterocycles. The topological polar surface area (TPSA) is 57.2 Å². The van der Waals surface area contributed by atoms with Crippen molar-refractivity contribution in [2.75, 3.05) is 0 Å². The van der Waals surface area contributed by atoms with Crippen molar-refractivity contribution in [2.45, 2.75) is 72.2 Å². The Labute approximate surface area is 214 Å². The van der Waals surface area contributed by atoms with E-state index in [0.717, 1.165) is 9.47 Å². The summed E-state index contributed by atoms with van der Waals surface area (Å²) in [5.74, 6) is -23.6. The van der Waals surface area contributed by atoms with Gasteiger partial charge in [-0.3, -0.25) is 0 Å². The van der Waals surface area contributed by atoms with Gasteiger partial charge in [-0.05, 0) is 11.6 Å². The van der Waals surface area contributed by atoms with E-state index in [1.54, 1.807) is 4.74 Å². The van der Waals surface area contributed by atoms with Gasteiger partial charge >= 0.3 is 72.2 Å². The van der Waals surface area contributed by atoms with E-state index in [9.17, 15) is 105 Å². The summed E-state index contributed by atoms with van der Waals surface area (Å²) in [4.78, 5) is 0. The van der Waals surface area contributed by atoms with E-state index in [-0.39, 0.29) is 0 Å². The van der Waals surface area contributed by atoms with Gasteiger partial charge in [-0.1, -0.05) is 0 Å². The molecule has 0 aromatic carbocycles. The molecule has 0 fully saturated rings. The summed E-state index contributed by atoms with van der Waals surface area (Å²) in [5.41, 5.74) is 0. The second-order valence-corrected chi connectivity index (χ2v) is 7.22. The maximum absolute atomic E-state index is 13.3. The second-order valence-electron chi connectivity index (χ2n) is 6.73. The van der Waals surface area contributed by atoms with Crippen LogP contribution in [0, 0.1) is 0 Å². The highest BCUT2D eigenvalue weighted by molar-refractivity contribution is 6.22. The number of ether oxygens (including phenoxy) is 4. The van der Waals surface area contributed by atoms with Crippen LogP contribution in [0.3, 0.4) is 0 Å². The number of aliphatic hydroxyl groups is 1. The van der Waals surface area contributed by atoms with Crippen molar-refractivity contribution in [1.29, 1.82) is 0 Å². The third-order valence-electron chi connectivity index (χ3n) is 3.54. The molecule has 1 atom stereocenters. The molecule has 0 radical (unpaired) electrons. The van der Waals surface area contributed by atoms with Crippen LogP contribution in [0.2, 0.25) is 0 Å². The zero-order valence-electron chi connectivity index (χ0n) is 17.5. The largest absolute Gasteiger partial charge is 0.494 e. The van der Waals surface area contributed by atoms with Crippen LogP contribution in [0.5, 0.6) is 0 Å². The molecule has 0 rings (SSSR count). The Kier molecular flexibility index (Phi) is 10.1. The van der Waals surface area contributed by atoms with Crippen LogP contribution in [0.4, 0.5) is 105 Å². The first kappa shape index (κ1) is 40.4. The molecular weight excluding hydrogens is 716 g/mol. The van der Waals surface area contributed by atoms with E-state index in [1.807, 2.05) is 0 Å². The fourth-order valence-corrected chi connectivity index (χ4v) is 1.72. The van der Waals surface area contributed by atoms with Crippen LogP contribution in [-0.4, -0.2) is 77.3 Å². The van der Waals surface area contributed by atoms with Gasteiger partial charge in [0.05, 0.1) is 0 Å². The van der Waals surface area contributed by atoms with E-state index in [2.05, 4.69) is 11.6 Å². The van der Waals surface area contributed by atoms with Crippen LogP contribution in [0.15, 0.2) is 0 Å². The van der Waals surface area contributed by atoms with Gasteiger partial charge in [0.2, 0.25) is 0 Å². The highest BCUT2D eigenvalue weighted by Gasteiger charge is 2.84. The standard InChI is InChI=1S/C12HClF24O5/c13-4(20,1(14,15)5(21,22)23)39-12(36,37)42-11(34,35)10(32,33)41-9(30,31)3(18,19)8(28,29)40-7(26,27)2(16,17)6(24,25)38/h38H. The summed E-state index contributed by atoms with van der Waals surface area (Å²) in [7, 11) is 0. The van der Waals surface area contributed by atoms with Crippen LogP contribution in [-0.2, 0) is 18.9 Å². The minimum absolute atomic E-state index is 1.07. The molecule has 0 aromatic heterocycles. The molecule has 0 spiro atoms. The smallest absolute Gasteiger partial charge is 0.331 e. The highest BCUT2D eigenvalue weighted by atomic mass is 35.5. The number of halogens is 25. The summed E-state index contributed by atoms with van der Waals surface area (Å²) in [6.45, 7) is 0. The van der Waals surface area contributed by atoms with E-state index < -0.39 is 72.2 Å². The second kappa shape index (κ2) is 10.5. The lowest BCUT2D eigenvalue weighted by molar-refractivity contribution is -0.581. The molecule has 5 nitrogen and oxygen atoms in total. The SMILES string of the molecule is OC(F)(F)C(F)(F)C(F)(F)OC(F)(F)C(F)(F)C(F)(F)OC(F)(F)C(F)(F)OC(F)(F)OC(F)(Cl)C(F)(F)C(F)(F)F. The molecule has 0 aliphatic heterocycles. The molecule has 0 heterocycles. The molecule has 30 heteroatoms. The van der Waals surface area contributed by atoms with Crippen molar-refractivity contribution >= 4 is 11.6 Å². The van der Waals surface area contributed by atoms with E-state index in [4.69, 9.17) is 5.11 Å². The van der Waals surface area contributed by atoms with Crippen LogP contribution in [0.25, 0.3) is 0 Å². The summed E-state index contributed by atoms with van der Waals surface area (Å²) < 4.78 is 313. The predicted octanol–water partition coefficient (Wildman–Crippen LogP) is 7.48. The van der Waals surface area contributed by atoms with Gasteiger partial charge in [-0.15, -0.1) is 8.78 Å². The minimum atomic E-state index is -8.48. The molecule has 254 valence electrons. The maximum Gasteiger partial charge on any atom is 0.494 e. The van der Waals surface area contributed by atoms with Gasteiger partial charge in [0.1, 0.15) is 0 Å². The van der Waals surface area contributed by atoms with Gasteiger partial charge < -0.3 is 5.11 Å². The van der Waals surface area contributed by atoms with Crippen molar-refractivity contribution in [2.24, 2.45) is 0 Å². The Hall–Kier alpha value is -1.59. The molecular formula is C12HClF24O5. The molecule has 0 bridgehead atoms. The first-order chi connectivity index (χ1) is 17.6. The summed E-state index contributed by atoms with van der Waals surface area (Å²) in [6.07, 6.45) is -62.6. The number of alkyl halides is 25. The fourth-order valence-electron chi connectivity index (χ4n) is 1.53. The Morgan fingerprint density at radius 2 is 0.643 bits per heavy atom. The lowest BCUT2D eigenvalue weighted by Gasteiger charge is -2.38. The van der Waals surface area contributed by atoms with Crippen molar-refractivity contribution in [3.05, 3.63) is 0 Å². The quantitative estimate of drug-likeness (QED) is 0.115. The fraction of sp³-hybridized carbons (Fsp3) is 1.00. The lowest BCUT2D eigenvalue weighted by Crippen LogP contribution is -2.65. The molecule has 42 heavy (non-hydrogen) atoms. The summed E-state index contributed by atoms with van der Waals surface area (Å²) in [6, 6.07) is 0. The monoisotopic (exact) mass is 716 g/mol. The maximum atomic E-state index is 13.3. The zero-order chi connectivity index (χ0) is 34.8. The molecule has 0 aliphatic rings. The van der Waals surface area contributed by atoms with Gasteiger partial charge in [0.25, 0.3) is 0 Å². The van der Waals surface area contributed by atoms with Gasteiger partial charge in [0.15, 0.2) is 0 Å². The van der Waals surface area contributed by atoms with E-state index in [0.29, 0.717) is 0 Å². The first-order valence-electron chi connectivity index (χ1n) is 8.33. The van der Waals surface area contributed by atoms with Crippen LogP contribution in [0.1, 0.15) is 0 Å².